The van der Waals surface area contributed by atoms with Gasteiger partial charge in [-0.05, 0) is 41.9 Å². The molecule has 1 aromatic rings. The molecule has 0 saturated carbocycles. The Kier molecular flexibility index (Phi) is 4.42. The first-order chi connectivity index (χ1) is 8.27. The van der Waals surface area contributed by atoms with E-state index in [-0.39, 0.29) is 11.6 Å². The Morgan fingerprint density at radius 2 is 2.11 bits per heavy atom. The summed E-state index contributed by atoms with van der Waals surface area (Å²) in [6, 6.07) is 4.36. The molecule has 98 valence electrons. The molecule has 0 bridgehead atoms. The molecule has 1 rings (SSSR count). The second kappa shape index (κ2) is 5.45. The van der Waals surface area contributed by atoms with Crippen LogP contribution in [0.3, 0.4) is 0 Å². The molecule has 0 saturated heterocycles. The van der Waals surface area contributed by atoms with Gasteiger partial charge in [0, 0.05) is 18.9 Å². The number of rotatable bonds is 4. The molecular formula is C11H13BrN2O4. The smallest absolute Gasteiger partial charge is 0.285 e. The summed E-state index contributed by atoms with van der Waals surface area (Å²) in [5, 5.41) is 13.3. The van der Waals surface area contributed by atoms with Crippen molar-refractivity contribution in [3.63, 3.8) is 0 Å². The minimum Gasteiger partial charge on any atom is -0.369 e. The van der Waals surface area contributed by atoms with Crippen LogP contribution in [0.15, 0.2) is 22.7 Å². The molecule has 0 aliphatic rings. The Bertz CT molecular complexity index is 488. The van der Waals surface area contributed by atoms with Crippen LogP contribution < -0.4 is 5.32 Å². The largest absolute Gasteiger partial charge is 0.369 e. The summed E-state index contributed by atoms with van der Waals surface area (Å²) in [6.07, 6.45) is 0. The van der Waals surface area contributed by atoms with E-state index in [0.717, 1.165) is 0 Å². The highest BCUT2D eigenvalue weighted by Crippen LogP contribution is 2.28. The van der Waals surface area contributed by atoms with E-state index in [1.807, 2.05) is 0 Å². The van der Waals surface area contributed by atoms with Gasteiger partial charge in [0.05, 0.1) is 9.40 Å². The van der Waals surface area contributed by atoms with Crippen LogP contribution >= 0.6 is 15.9 Å². The van der Waals surface area contributed by atoms with Gasteiger partial charge in [-0.15, -0.1) is 0 Å². The second-order valence-electron chi connectivity index (χ2n) is 4.09. The van der Waals surface area contributed by atoms with Gasteiger partial charge in [-0.25, -0.2) is 0 Å². The molecule has 0 aromatic heterocycles. The lowest BCUT2D eigenvalue weighted by Gasteiger charge is -2.21. The van der Waals surface area contributed by atoms with E-state index < -0.39 is 10.5 Å². The summed E-state index contributed by atoms with van der Waals surface area (Å²) in [7, 11) is 1.42. The molecule has 0 unspecified atom stereocenters. The Morgan fingerprint density at radius 3 is 2.61 bits per heavy atom. The summed E-state index contributed by atoms with van der Waals surface area (Å²) in [5.41, 5.74) is -0.759. The molecule has 1 aromatic carbocycles. The van der Waals surface area contributed by atoms with Crippen molar-refractivity contribution in [3.05, 3.63) is 32.8 Å². The molecule has 0 heterocycles. The third-order valence-corrected chi connectivity index (χ3v) is 3.13. The van der Waals surface area contributed by atoms with Crippen LogP contribution in [0.4, 0.5) is 11.4 Å². The molecule has 1 N–H and O–H groups in total. The Balaban J connectivity index is 2.96. The van der Waals surface area contributed by atoms with Gasteiger partial charge in [-0.2, -0.15) is 0 Å². The molecule has 0 fully saturated rings. The predicted molar refractivity (Wildman–Crippen MR) is 70.5 cm³/mol. The van der Waals surface area contributed by atoms with Crippen LogP contribution in [0.2, 0.25) is 0 Å². The average Bonchev–Trinajstić information content (AvgIpc) is 2.31. The monoisotopic (exact) mass is 316 g/mol. The number of ether oxygens (including phenoxy) is 1. The first-order valence-electron chi connectivity index (χ1n) is 5.08. The van der Waals surface area contributed by atoms with Crippen LogP contribution in [-0.2, 0) is 9.53 Å². The molecule has 1 amide bonds. The van der Waals surface area contributed by atoms with Crippen molar-refractivity contribution < 1.29 is 14.5 Å². The number of benzene rings is 1. The number of nitro groups is 1. The first kappa shape index (κ1) is 14.6. The molecular weight excluding hydrogens is 304 g/mol. The molecule has 18 heavy (non-hydrogen) atoms. The van der Waals surface area contributed by atoms with Gasteiger partial charge >= 0.3 is 0 Å². The summed E-state index contributed by atoms with van der Waals surface area (Å²) in [5.74, 6) is -0.373. The number of anilines is 1. The normalized spacial score (nSPS) is 11.1. The SMILES string of the molecule is COC(C)(C)C(=O)Nc1ccc(Br)c([N+](=O)[O-])c1. The fourth-order valence-corrected chi connectivity index (χ4v) is 1.50. The zero-order valence-electron chi connectivity index (χ0n) is 10.2. The van der Waals surface area contributed by atoms with Crippen molar-refractivity contribution in [3.8, 4) is 0 Å². The molecule has 6 nitrogen and oxygen atoms in total. The van der Waals surface area contributed by atoms with Gasteiger partial charge in [0.2, 0.25) is 0 Å². The Hall–Kier alpha value is -1.47. The lowest BCUT2D eigenvalue weighted by atomic mass is 10.1. The van der Waals surface area contributed by atoms with E-state index in [1.165, 1.54) is 19.2 Å². The van der Waals surface area contributed by atoms with Crippen LogP contribution in [0.25, 0.3) is 0 Å². The summed E-state index contributed by atoms with van der Waals surface area (Å²) in [6.45, 7) is 3.21. The van der Waals surface area contributed by atoms with E-state index in [1.54, 1.807) is 19.9 Å². The molecule has 0 radical (unpaired) electrons. The highest BCUT2D eigenvalue weighted by molar-refractivity contribution is 9.10. The van der Waals surface area contributed by atoms with E-state index in [9.17, 15) is 14.9 Å². The van der Waals surface area contributed by atoms with Crippen LogP contribution in [0.1, 0.15) is 13.8 Å². The zero-order valence-corrected chi connectivity index (χ0v) is 11.8. The van der Waals surface area contributed by atoms with E-state index in [2.05, 4.69) is 21.2 Å². The van der Waals surface area contributed by atoms with Crippen molar-refractivity contribution in [1.82, 2.24) is 0 Å². The van der Waals surface area contributed by atoms with Crippen LogP contribution in [-0.4, -0.2) is 23.5 Å². The van der Waals surface area contributed by atoms with Gasteiger partial charge in [0.15, 0.2) is 0 Å². The number of carbonyl (C=O) groups excluding carboxylic acids is 1. The molecule has 0 aliphatic heterocycles. The number of hydrogen-bond acceptors (Lipinski definition) is 4. The van der Waals surface area contributed by atoms with Gasteiger partial charge in [0.25, 0.3) is 11.6 Å². The van der Waals surface area contributed by atoms with Crippen molar-refractivity contribution in [1.29, 1.82) is 0 Å². The zero-order chi connectivity index (χ0) is 13.9. The van der Waals surface area contributed by atoms with Crippen LogP contribution in [0, 0.1) is 10.1 Å². The number of carbonyl (C=O) groups is 1. The van der Waals surface area contributed by atoms with Gasteiger partial charge < -0.3 is 10.1 Å². The molecule has 7 heteroatoms. The lowest BCUT2D eigenvalue weighted by Crippen LogP contribution is -2.38. The maximum Gasteiger partial charge on any atom is 0.285 e. The van der Waals surface area contributed by atoms with Crippen molar-refractivity contribution in [2.45, 2.75) is 19.4 Å². The van der Waals surface area contributed by atoms with Gasteiger partial charge in [0.1, 0.15) is 5.60 Å². The van der Waals surface area contributed by atoms with Gasteiger partial charge in [-0.3, -0.25) is 14.9 Å². The fraction of sp³-hybridized carbons (Fsp3) is 0.364. The average molecular weight is 317 g/mol. The number of amides is 1. The minimum atomic E-state index is -0.998. The Labute approximate surface area is 113 Å². The highest BCUT2D eigenvalue weighted by Gasteiger charge is 2.27. The third-order valence-electron chi connectivity index (χ3n) is 2.46. The quantitative estimate of drug-likeness (QED) is 0.684. The van der Waals surface area contributed by atoms with E-state index in [4.69, 9.17) is 4.74 Å². The highest BCUT2D eigenvalue weighted by atomic mass is 79.9. The van der Waals surface area contributed by atoms with Crippen molar-refractivity contribution in [2.75, 3.05) is 12.4 Å². The number of methoxy groups -OCH3 is 1. The number of hydrogen-bond donors (Lipinski definition) is 1. The standard InChI is InChI=1S/C11H13BrN2O4/c1-11(2,18-3)10(15)13-7-4-5-8(12)9(6-7)14(16)17/h4-6H,1-3H3,(H,13,15). The molecule has 0 aliphatic carbocycles. The number of nitro benzene ring substituents is 1. The Morgan fingerprint density at radius 1 is 1.50 bits per heavy atom. The number of halogens is 1. The van der Waals surface area contributed by atoms with Crippen LogP contribution in [0.5, 0.6) is 0 Å². The topological polar surface area (TPSA) is 81.5 Å². The summed E-state index contributed by atoms with van der Waals surface area (Å²) >= 11 is 3.07. The van der Waals surface area contributed by atoms with Gasteiger partial charge in [-0.1, -0.05) is 0 Å². The number of nitrogens with one attached hydrogen (secondary N) is 1. The fourth-order valence-electron chi connectivity index (χ4n) is 1.10. The molecule has 0 spiro atoms. The van der Waals surface area contributed by atoms with Crippen molar-refractivity contribution >= 4 is 33.2 Å². The summed E-state index contributed by atoms with van der Waals surface area (Å²) < 4.78 is 5.38. The molecule has 0 atom stereocenters. The summed E-state index contributed by atoms with van der Waals surface area (Å²) in [4.78, 5) is 22.0. The van der Waals surface area contributed by atoms with E-state index >= 15 is 0 Å². The minimum absolute atomic E-state index is 0.108. The maximum absolute atomic E-state index is 11.8. The maximum atomic E-state index is 11.8. The lowest BCUT2D eigenvalue weighted by molar-refractivity contribution is -0.385. The second-order valence-corrected chi connectivity index (χ2v) is 4.95. The predicted octanol–water partition coefficient (Wildman–Crippen LogP) is 2.72. The first-order valence-corrected chi connectivity index (χ1v) is 5.88. The van der Waals surface area contributed by atoms with Crippen molar-refractivity contribution in [2.24, 2.45) is 0 Å². The third kappa shape index (κ3) is 3.27. The van der Waals surface area contributed by atoms with E-state index in [0.29, 0.717) is 10.2 Å². The number of nitrogens with zero attached hydrogens (tertiary/aromatic N) is 1.